The highest BCUT2D eigenvalue weighted by atomic mass is 32.2. The van der Waals surface area contributed by atoms with Gasteiger partial charge >= 0.3 is 0 Å². The summed E-state index contributed by atoms with van der Waals surface area (Å²) in [5.74, 6) is -0.693. The van der Waals surface area contributed by atoms with E-state index in [2.05, 4.69) is 14.8 Å². The fourth-order valence-corrected chi connectivity index (χ4v) is 3.45. The van der Waals surface area contributed by atoms with Crippen molar-refractivity contribution in [2.45, 2.75) is 11.4 Å². The van der Waals surface area contributed by atoms with Gasteiger partial charge in [0, 0.05) is 18.9 Å². The third-order valence-corrected chi connectivity index (χ3v) is 4.91. The van der Waals surface area contributed by atoms with Crippen LogP contribution < -0.4 is 10.5 Å². The van der Waals surface area contributed by atoms with E-state index in [1.54, 1.807) is 42.3 Å². The predicted octanol–water partition coefficient (Wildman–Crippen LogP) is 0.565. The van der Waals surface area contributed by atoms with Gasteiger partial charge in [0.05, 0.1) is 6.54 Å². The topological polar surface area (TPSA) is 125 Å². The summed E-state index contributed by atoms with van der Waals surface area (Å²) >= 11 is 0. The van der Waals surface area contributed by atoms with Gasteiger partial charge in [-0.1, -0.05) is 12.1 Å². The van der Waals surface area contributed by atoms with Gasteiger partial charge in [-0.15, -0.1) is 0 Å². The van der Waals surface area contributed by atoms with Gasteiger partial charge in [-0.2, -0.15) is 5.10 Å². The number of nitrogens with zero attached hydrogens (tertiary/aromatic N) is 4. The van der Waals surface area contributed by atoms with Crippen LogP contribution in [-0.4, -0.2) is 33.7 Å². The zero-order chi connectivity index (χ0) is 18.0. The largest absolute Gasteiger partial charge is 0.364 e. The lowest BCUT2D eigenvalue weighted by Gasteiger charge is -2.07. The monoisotopic (exact) mass is 360 g/mol. The van der Waals surface area contributed by atoms with Gasteiger partial charge < -0.3 is 10.3 Å². The number of nitrogens with two attached hydrogens (primary N) is 1. The highest BCUT2D eigenvalue weighted by molar-refractivity contribution is 7.92. The van der Waals surface area contributed by atoms with Gasteiger partial charge in [-0.05, 0) is 23.8 Å². The van der Waals surface area contributed by atoms with Crippen molar-refractivity contribution in [3.05, 3.63) is 60.4 Å². The molecule has 3 aromatic rings. The molecule has 1 amide bonds. The second-order valence-corrected chi connectivity index (χ2v) is 7.11. The molecule has 3 rings (SSSR count). The maximum atomic E-state index is 12.4. The molecule has 0 unspecified atom stereocenters. The van der Waals surface area contributed by atoms with Crippen LogP contribution >= 0.6 is 0 Å². The normalized spacial score (nSPS) is 11.4. The molecule has 9 nitrogen and oxygen atoms in total. The van der Waals surface area contributed by atoms with E-state index in [4.69, 9.17) is 5.73 Å². The first kappa shape index (κ1) is 16.7. The second kappa shape index (κ2) is 6.40. The number of benzene rings is 1. The molecular formula is C15H16N6O3S. The molecule has 0 bridgehead atoms. The molecule has 0 fully saturated rings. The van der Waals surface area contributed by atoms with Crippen molar-refractivity contribution in [2.75, 3.05) is 4.72 Å². The highest BCUT2D eigenvalue weighted by Crippen LogP contribution is 2.19. The number of primary amides is 1. The number of sulfonamides is 1. The quantitative estimate of drug-likeness (QED) is 0.665. The Morgan fingerprint density at radius 2 is 2.00 bits per heavy atom. The summed E-state index contributed by atoms with van der Waals surface area (Å²) in [7, 11) is -2.26. The number of carbonyl (C=O) groups excluding carboxylic acids is 1. The van der Waals surface area contributed by atoms with Crippen molar-refractivity contribution in [2.24, 2.45) is 12.8 Å². The van der Waals surface area contributed by atoms with E-state index in [1.165, 1.54) is 23.2 Å². The fraction of sp³-hybridized carbons (Fsp3) is 0.133. The average Bonchev–Trinajstić information content (AvgIpc) is 3.18. The molecule has 10 heteroatoms. The molecule has 0 aliphatic rings. The van der Waals surface area contributed by atoms with E-state index in [1.807, 2.05) is 0 Å². The number of aromatic nitrogens is 4. The third kappa shape index (κ3) is 3.69. The van der Waals surface area contributed by atoms with Crippen LogP contribution in [0.4, 0.5) is 5.69 Å². The molecule has 1 aromatic carbocycles. The van der Waals surface area contributed by atoms with Crippen molar-refractivity contribution in [1.29, 1.82) is 0 Å². The number of anilines is 1. The molecule has 2 heterocycles. The lowest BCUT2D eigenvalue weighted by molar-refractivity contribution is 0.0992. The summed E-state index contributed by atoms with van der Waals surface area (Å²) in [6.45, 7) is 0.535. The lowest BCUT2D eigenvalue weighted by Crippen LogP contribution is -2.14. The summed E-state index contributed by atoms with van der Waals surface area (Å²) < 4.78 is 30.4. The van der Waals surface area contributed by atoms with Gasteiger partial charge in [0.2, 0.25) is 0 Å². The Bertz CT molecular complexity index is 991. The summed E-state index contributed by atoms with van der Waals surface area (Å²) in [6, 6.07) is 8.13. The Hall–Kier alpha value is -3.14. The number of aryl methyl sites for hydroxylation is 1. The molecule has 0 aliphatic heterocycles. The molecule has 2 aromatic heterocycles. The van der Waals surface area contributed by atoms with Gasteiger partial charge in [0.25, 0.3) is 15.9 Å². The van der Waals surface area contributed by atoms with E-state index in [-0.39, 0.29) is 10.6 Å². The minimum absolute atomic E-state index is 0.0320. The fourth-order valence-electron chi connectivity index (χ4n) is 2.32. The molecule has 0 spiro atoms. The maximum Gasteiger partial charge on any atom is 0.265 e. The Kier molecular flexibility index (Phi) is 4.28. The molecule has 0 saturated carbocycles. The van der Waals surface area contributed by atoms with Crippen molar-refractivity contribution in [1.82, 2.24) is 19.3 Å². The van der Waals surface area contributed by atoms with E-state index in [9.17, 15) is 13.2 Å². The standard InChI is InChI=1S/C15H16N6O3S/c1-20-8-13(6-14(20)15(16)22)25(23,24)19-12-4-2-11(3-5-12)7-21-10-17-9-18-21/h2-6,8-10,19H,7H2,1H3,(H2,16,22). The van der Waals surface area contributed by atoms with E-state index < -0.39 is 15.9 Å². The first-order valence-corrected chi connectivity index (χ1v) is 8.74. The van der Waals surface area contributed by atoms with Gasteiger partial charge in [0.1, 0.15) is 23.2 Å². The molecule has 0 radical (unpaired) electrons. The van der Waals surface area contributed by atoms with Crippen LogP contribution in [0.5, 0.6) is 0 Å². The molecule has 130 valence electrons. The van der Waals surface area contributed by atoms with Crippen LogP contribution in [0.1, 0.15) is 16.1 Å². The molecule has 0 atom stereocenters. The molecule has 0 saturated heterocycles. The smallest absolute Gasteiger partial charge is 0.265 e. The molecule has 25 heavy (non-hydrogen) atoms. The maximum absolute atomic E-state index is 12.4. The minimum Gasteiger partial charge on any atom is -0.364 e. The number of rotatable bonds is 6. The number of carbonyl (C=O) groups is 1. The van der Waals surface area contributed by atoms with Crippen molar-refractivity contribution >= 4 is 21.6 Å². The Morgan fingerprint density at radius 1 is 1.28 bits per heavy atom. The summed E-state index contributed by atoms with van der Waals surface area (Å²) in [6.07, 6.45) is 4.38. The SMILES string of the molecule is Cn1cc(S(=O)(=O)Nc2ccc(Cn3cncn3)cc2)cc1C(N)=O. The summed E-state index contributed by atoms with van der Waals surface area (Å²) in [4.78, 5) is 15.1. The van der Waals surface area contributed by atoms with E-state index in [0.717, 1.165) is 5.56 Å². The molecular weight excluding hydrogens is 344 g/mol. The summed E-state index contributed by atoms with van der Waals surface area (Å²) in [5, 5.41) is 4.01. The van der Waals surface area contributed by atoms with Crippen LogP contribution in [0.25, 0.3) is 0 Å². The minimum atomic E-state index is -3.82. The number of nitrogens with one attached hydrogen (secondary N) is 1. The second-order valence-electron chi connectivity index (χ2n) is 5.43. The first-order valence-electron chi connectivity index (χ1n) is 7.25. The van der Waals surface area contributed by atoms with Crippen molar-refractivity contribution in [3.63, 3.8) is 0 Å². The lowest BCUT2D eigenvalue weighted by atomic mass is 10.2. The molecule has 3 N–H and O–H groups in total. The number of hydrogen-bond donors (Lipinski definition) is 2. The first-order chi connectivity index (χ1) is 11.8. The van der Waals surface area contributed by atoms with Crippen molar-refractivity contribution in [3.8, 4) is 0 Å². The highest BCUT2D eigenvalue weighted by Gasteiger charge is 2.19. The van der Waals surface area contributed by atoms with Gasteiger partial charge in [-0.3, -0.25) is 9.52 Å². The predicted molar refractivity (Wildman–Crippen MR) is 90.3 cm³/mol. The van der Waals surface area contributed by atoms with Crippen LogP contribution in [0.3, 0.4) is 0 Å². The van der Waals surface area contributed by atoms with E-state index >= 15 is 0 Å². The zero-order valence-electron chi connectivity index (χ0n) is 13.3. The Balaban J connectivity index is 1.76. The van der Waals surface area contributed by atoms with Gasteiger partial charge in [0.15, 0.2) is 0 Å². The van der Waals surface area contributed by atoms with Crippen molar-refractivity contribution < 1.29 is 13.2 Å². The Labute approximate surface area is 144 Å². The number of hydrogen-bond acceptors (Lipinski definition) is 5. The number of amides is 1. The zero-order valence-corrected chi connectivity index (χ0v) is 14.1. The Morgan fingerprint density at radius 3 is 2.56 bits per heavy atom. The van der Waals surface area contributed by atoms with Gasteiger partial charge in [-0.25, -0.2) is 18.1 Å². The molecule has 0 aliphatic carbocycles. The van der Waals surface area contributed by atoms with E-state index in [0.29, 0.717) is 12.2 Å². The summed E-state index contributed by atoms with van der Waals surface area (Å²) in [5.41, 5.74) is 6.68. The van der Waals surface area contributed by atoms with Crippen LogP contribution in [0, 0.1) is 0 Å². The average molecular weight is 360 g/mol. The van der Waals surface area contributed by atoms with Crippen LogP contribution in [0.15, 0.2) is 54.1 Å². The third-order valence-electron chi connectivity index (χ3n) is 3.56. The van der Waals surface area contributed by atoms with Crippen LogP contribution in [-0.2, 0) is 23.6 Å². The van der Waals surface area contributed by atoms with Crippen LogP contribution in [0.2, 0.25) is 0 Å².